The van der Waals surface area contributed by atoms with E-state index in [2.05, 4.69) is 64.6 Å². The molecule has 1 saturated heterocycles. The third-order valence-electron chi connectivity index (χ3n) is 6.86. The minimum absolute atomic E-state index is 0.499. The minimum atomic E-state index is 0.499. The number of piperidine rings is 1. The van der Waals surface area contributed by atoms with Crippen molar-refractivity contribution in [3.63, 3.8) is 0 Å². The summed E-state index contributed by atoms with van der Waals surface area (Å²) < 4.78 is 0. The number of pyridine rings is 1. The maximum Gasteiger partial charge on any atom is 0.0886 e. The number of rotatable bonds is 8. The maximum atomic E-state index is 4.75. The molecule has 2 aliphatic rings. The lowest BCUT2D eigenvalue weighted by atomic mass is 9.94. The van der Waals surface area contributed by atoms with E-state index in [0.29, 0.717) is 12.7 Å². The van der Waals surface area contributed by atoms with Gasteiger partial charge in [0.2, 0.25) is 0 Å². The van der Waals surface area contributed by atoms with E-state index in [1.807, 2.05) is 24.6 Å². The van der Waals surface area contributed by atoms with Gasteiger partial charge in [-0.25, -0.2) is 0 Å². The normalized spacial score (nSPS) is 18.0. The van der Waals surface area contributed by atoms with E-state index >= 15 is 0 Å². The highest BCUT2D eigenvalue weighted by atomic mass is 15.1. The Labute approximate surface area is 195 Å². The molecule has 2 aromatic carbocycles. The molecule has 2 heterocycles. The van der Waals surface area contributed by atoms with E-state index in [-0.39, 0.29) is 0 Å². The molecule has 5 heteroatoms. The zero-order chi connectivity index (χ0) is 22.6. The van der Waals surface area contributed by atoms with Gasteiger partial charge in [-0.1, -0.05) is 24.3 Å². The summed E-state index contributed by atoms with van der Waals surface area (Å²) in [6.45, 7) is 8.80. The Morgan fingerprint density at radius 3 is 2.91 bits per heavy atom. The van der Waals surface area contributed by atoms with Gasteiger partial charge >= 0.3 is 0 Å². The molecule has 0 saturated carbocycles. The molecular weight excluding hydrogens is 406 g/mol. The lowest BCUT2D eigenvalue weighted by molar-refractivity contribution is 0.395. The lowest BCUT2D eigenvalue weighted by Crippen LogP contribution is -2.43. The van der Waals surface area contributed by atoms with Gasteiger partial charge in [-0.2, -0.15) is 0 Å². The lowest BCUT2D eigenvalue weighted by Gasteiger charge is -2.22. The van der Waals surface area contributed by atoms with Crippen molar-refractivity contribution in [1.82, 2.24) is 15.6 Å². The van der Waals surface area contributed by atoms with Crippen LogP contribution in [-0.2, 0) is 12.8 Å². The van der Waals surface area contributed by atoms with E-state index in [1.54, 1.807) is 0 Å². The Bertz CT molecular complexity index is 1230. The molecule has 5 rings (SSSR count). The molecule has 168 valence electrons. The molecule has 5 nitrogen and oxygen atoms in total. The van der Waals surface area contributed by atoms with Crippen molar-refractivity contribution in [1.29, 1.82) is 0 Å². The number of nitrogens with one attached hydrogen (secondary N) is 2. The van der Waals surface area contributed by atoms with Gasteiger partial charge in [0, 0.05) is 37.0 Å². The summed E-state index contributed by atoms with van der Waals surface area (Å²) in [6, 6.07) is 13.3. The average Bonchev–Trinajstić information content (AvgIpc) is 3.67. The quantitative estimate of drug-likeness (QED) is 0.400. The Morgan fingerprint density at radius 1 is 1.21 bits per heavy atom. The summed E-state index contributed by atoms with van der Waals surface area (Å²) in [5, 5.41) is 9.62. The Morgan fingerprint density at radius 2 is 2.09 bits per heavy atom. The smallest absolute Gasteiger partial charge is 0.0886 e. The van der Waals surface area contributed by atoms with Crippen molar-refractivity contribution in [2.24, 2.45) is 9.98 Å². The summed E-state index contributed by atoms with van der Waals surface area (Å²) in [7, 11) is 0. The number of aromatic nitrogens is 1. The average molecular weight is 438 g/mol. The molecule has 0 spiro atoms. The monoisotopic (exact) mass is 437 g/mol. The number of benzene rings is 2. The molecule has 0 bridgehead atoms. The Kier molecular flexibility index (Phi) is 6.42. The highest BCUT2D eigenvalue weighted by Crippen LogP contribution is 2.42. The third-order valence-corrected chi connectivity index (χ3v) is 6.86. The SMILES string of the molecule is C=N/C(=C\C=N/CNC1CCCNC1)c1cccnc1Cc1c(C)c2c(c3ccccc13)C2. The highest BCUT2D eigenvalue weighted by molar-refractivity contribution is 5.95. The van der Waals surface area contributed by atoms with Gasteiger partial charge in [0.25, 0.3) is 0 Å². The first-order chi connectivity index (χ1) is 16.3. The maximum absolute atomic E-state index is 4.75. The Hall–Kier alpha value is -3.15. The first-order valence-electron chi connectivity index (χ1n) is 11.8. The van der Waals surface area contributed by atoms with E-state index in [4.69, 9.17) is 4.98 Å². The number of hydrogen-bond donors (Lipinski definition) is 2. The molecule has 1 atom stereocenters. The molecule has 3 aromatic rings. The van der Waals surface area contributed by atoms with Crippen molar-refractivity contribution >= 4 is 29.4 Å². The van der Waals surface area contributed by atoms with Gasteiger partial charge in [0.05, 0.1) is 18.1 Å². The largest absolute Gasteiger partial charge is 0.315 e. The fourth-order valence-corrected chi connectivity index (χ4v) is 4.96. The van der Waals surface area contributed by atoms with Crippen LogP contribution in [0.3, 0.4) is 0 Å². The molecule has 2 N–H and O–H groups in total. The van der Waals surface area contributed by atoms with Crippen LogP contribution in [0.1, 0.15) is 46.4 Å². The topological polar surface area (TPSA) is 61.7 Å². The van der Waals surface area contributed by atoms with Crippen LogP contribution < -0.4 is 10.6 Å². The first-order valence-corrected chi connectivity index (χ1v) is 11.8. The fraction of sp³-hybridized carbons (Fsp3) is 0.321. The molecule has 1 aliphatic heterocycles. The van der Waals surface area contributed by atoms with Crippen molar-refractivity contribution < 1.29 is 0 Å². The molecule has 1 fully saturated rings. The number of allylic oxidation sites excluding steroid dienone is 1. The van der Waals surface area contributed by atoms with E-state index in [0.717, 1.165) is 42.9 Å². The van der Waals surface area contributed by atoms with E-state index < -0.39 is 0 Å². The second kappa shape index (κ2) is 9.77. The van der Waals surface area contributed by atoms with Crippen LogP contribution in [0.25, 0.3) is 16.5 Å². The minimum Gasteiger partial charge on any atom is -0.315 e. The van der Waals surface area contributed by atoms with Crippen molar-refractivity contribution in [2.75, 3.05) is 19.8 Å². The zero-order valence-electron chi connectivity index (χ0n) is 19.3. The third kappa shape index (κ3) is 4.65. The molecular formula is C28H31N5. The second-order valence-corrected chi connectivity index (χ2v) is 8.90. The van der Waals surface area contributed by atoms with Crippen LogP contribution in [0.4, 0.5) is 0 Å². The molecule has 0 amide bonds. The summed E-state index contributed by atoms with van der Waals surface area (Å²) in [6.07, 6.45) is 9.93. The number of hydrogen-bond acceptors (Lipinski definition) is 5. The van der Waals surface area contributed by atoms with E-state index in [1.165, 1.54) is 45.9 Å². The summed E-state index contributed by atoms with van der Waals surface area (Å²) in [5.74, 6) is 0. The van der Waals surface area contributed by atoms with Crippen LogP contribution in [-0.4, -0.2) is 43.7 Å². The van der Waals surface area contributed by atoms with Crippen molar-refractivity contribution in [3.05, 3.63) is 82.2 Å². The van der Waals surface area contributed by atoms with Crippen LogP contribution in [0.2, 0.25) is 0 Å². The summed E-state index contributed by atoms with van der Waals surface area (Å²) >= 11 is 0. The molecule has 0 radical (unpaired) electrons. The van der Waals surface area contributed by atoms with Crippen LogP contribution in [0, 0.1) is 6.92 Å². The standard InChI is InChI=1S/C28H31N5/c1-19-24-15-26(24)22-9-4-3-8-21(22)25(19)16-28-23(10-6-13-32-28)27(29-2)11-14-31-18-33-20-7-5-12-30-17-20/h3-4,6,8-11,13-14,20,30,33H,2,5,7,12,15-18H2,1H3/b27-11-,31-14-. The molecule has 1 aliphatic carbocycles. The molecule has 1 aromatic heterocycles. The van der Waals surface area contributed by atoms with Gasteiger partial charge in [0.1, 0.15) is 0 Å². The highest BCUT2D eigenvalue weighted by Gasteiger charge is 2.26. The fourth-order valence-electron chi connectivity index (χ4n) is 4.96. The van der Waals surface area contributed by atoms with Crippen molar-refractivity contribution in [2.45, 2.75) is 38.6 Å². The summed E-state index contributed by atoms with van der Waals surface area (Å²) in [4.78, 5) is 13.6. The predicted molar refractivity (Wildman–Crippen MR) is 138 cm³/mol. The molecule has 33 heavy (non-hydrogen) atoms. The van der Waals surface area contributed by atoms with Crippen molar-refractivity contribution in [3.8, 4) is 0 Å². The zero-order valence-corrected chi connectivity index (χ0v) is 19.3. The van der Waals surface area contributed by atoms with Gasteiger partial charge in [0.15, 0.2) is 0 Å². The van der Waals surface area contributed by atoms with Gasteiger partial charge < -0.3 is 5.32 Å². The summed E-state index contributed by atoms with van der Waals surface area (Å²) in [5.41, 5.74) is 8.62. The van der Waals surface area contributed by atoms with Gasteiger partial charge in [-0.15, -0.1) is 0 Å². The second-order valence-electron chi connectivity index (χ2n) is 8.90. The van der Waals surface area contributed by atoms with Gasteiger partial charge in [-0.3, -0.25) is 20.3 Å². The first kappa shape index (κ1) is 21.7. The molecule has 1 unspecified atom stereocenters. The predicted octanol–water partition coefficient (Wildman–Crippen LogP) is 4.45. The van der Waals surface area contributed by atoms with E-state index in [9.17, 15) is 0 Å². The van der Waals surface area contributed by atoms with Gasteiger partial charge in [-0.05, 0) is 90.7 Å². The van der Waals surface area contributed by atoms with Crippen LogP contribution >= 0.6 is 0 Å². The Balaban J connectivity index is 1.37. The number of nitrogens with zero attached hydrogens (tertiary/aromatic N) is 3. The number of fused-ring (bicyclic) bond motifs is 3. The van der Waals surface area contributed by atoms with Crippen LogP contribution in [0.5, 0.6) is 0 Å². The number of aliphatic imine (C=N–C) groups is 2. The van der Waals surface area contributed by atoms with Crippen LogP contribution in [0.15, 0.2) is 58.7 Å².